The van der Waals surface area contributed by atoms with Gasteiger partial charge in [-0.2, -0.15) is 10.1 Å². The van der Waals surface area contributed by atoms with Crippen molar-refractivity contribution in [1.82, 2.24) is 25.0 Å². The Bertz CT molecular complexity index is 1030. The first-order chi connectivity index (χ1) is 14.5. The summed E-state index contributed by atoms with van der Waals surface area (Å²) >= 11 is 6.13. The van der Waals surface area contributed by atoms with Gasteiger partial charge in [-0.15, -0.1) is 5.10 Å². The fourth-order valence-electron chi connectivity index (χ4n) is 4.03. The van der Waals surface area contributed by atoms with Gasteiger partial charge in [0.25, 0.3) is 0 Å². The lowest BCUT2D eigenvalue weighted by Gasteiger charge is -2.18. The molecule has 1 saturated heterocycles. The second-order valence-electron chi connectivity index (χ2n) is 7.84. The van der Waals surface area contributed by atoms with Crippen molar-refractivity contribution in [3.8, 4) is 11.3 Å². The second kappa shape index (κ2) is 9.00. The molecule has 1 aromatic carbocycles. The van der Waals surface area contributed by atoms with Gasteiger partial charge < -0.3 is 4.90 Å². The summed E-state index contributed by atoms with van der Waals surface area (Å²) in [5.41, 5.74) is 2.88. The molecule has 0 spiro atoms. The number of ketones is 1. The van der Waals surface area contributed by atoms with Crippen molar-refractivity contribution in [2.45, 2.75) is 46.1 Å². The Balaban J connectivity index is 1.44. The predicted octanol–water partition coefficient (Wildman–Crippen LogP) is 4.07. The van der Waals surface area contributed by atoms with Gasteiger partial charge in [-0.3, -0.25) is 14.6 Å². The number of anilines is 1. The largest absolute Gasteiger partial charge is 0.340 e. The van der Waals surface area contributed by atoms with Gasteiger partial charge in [0.15, 0.2) is 5.78 Å². The molecule has 7 nitrogen and oxygen atoms in total. The number of aryl methyl sites for hydroxylation is 2. The summed E-state index contributed by atoms with van der Waals surface area (Å²) in [4.78, 5) is 19.7. The number of nitrogens with zero attached hydrogens (tertiary/aromatic N) is 5. The zero-order chi connectivity index (χ0) is 21.1. The molecule has 0 bridgehead atoms. The lowest BCUT2D eigenvalue weighted by atomic mass is 9.96. The highest BCUT2D eigenvalue weighted by atomic mass is 35.5. The van der Waals surface area contributed by atoms with Gasteiger partial charge in [0.1, 0.15) is 12.4 Å². The van der Waals surface area contributed by atoms with Gasteiger partial charge in [0.05, 0.1) is 5.69 Å². The Morgan fingerprint density at radius 1 is 1.27 bits per heavy atom. The molecule has 1 unspecified atom stereocenters. The fourth-order valence-corrected chi connectivity index (χ4v) is 4.22. The average Bonchev–Trinajstić information content (AvgIpc) is 3.26. The molecule has 158 valence electrons. The van der Waals surface area contributed by atoms with Gasteiger partial charge in [0, 0.05) is 35.3 Å². The number of H-pyrrole nitrogens is 1. The lowest BCUT2D eigenvalue weighted by molar-refractivity contribution is -0.124. The zero-order valence-corrected chi connectivity index (χ0v) is 18.2. The molecule has 4 rings (SSSR count). The van der Waals surface area contributed by atoms with E-state index < -0.39 is 0 Å². The minimum atomic E-state index is 0.0403. The van der Waals surface area contributed by atoms with Gasteiger partial charge in [-0.25, -0.2) is 0 Å². The number of carbonyl (C=O) groups is 1. The molecule has 3 aromatic rings. The van der Waals surface area contributed by atoms with E-state index in [1.54, 1.807) is 0 Å². The van der Waals surface area contributed by atoms with E-state index in [0.717, 1.165) is 67.5 Å². The molecule has 1 N–H and O–H groups in total. The third kappa shape index (κ3) is 4.56. The first-order valence-electron chi connectivity index (χ1n) is 10.5. The molecule has 8 heteroatoms. The molecular weight excluding hydrogens is 400 g/mol. The number of Topliss-reactive ketones (excluding diaryl/α,β-unsaturated/α-hetero) is 1. The lowest BCUT2D eigenvalue weighted by Crippen LogP contribution is -2.27. The number of benzene rings is 1. The van der Waals surface area contributed by atoms with Crippen LogP contribution in [0.5, 0.6) is 0 Å². The van der Waals surface area contributed by atoms with Crippen molar-refractivity contribution in [3.05, 3.63) is 46.9 Å². The standard InChI is InChI=1S/C22H27ClN6O/c1-3-19-13-20(17-6-4-8-18(23)12-17)27-29(19)14-21(30)16-7-5-10-28(11-9-16)22-24-15(2)25-26-22/h4,6,8,12-13,16H,3,5,7,9-11,14H2,1-2H3,(H,24,25,26). The molecular formula is C22H27ClN6O. The number of aromatic nitrogens is 5. The van der Waals surface area contributed by atoms with Crippen LogP contribution in [0, 0.1) is 12.8 Å². The Kier molecular flexibility index (Phi) is 6.18. The van der Waals surface area contributed by atoms with E-state index in [1.165, 1.54) is 0 Å². The number of halogens is 1. The van der Waals surface area contributed by atoms with Gasteiger partial charge >= 0.3 is 0 Å². The van der Waals surface area contributed by atoms with E-state index in [0.29, 0.717) is 11.6 Å². The number of aromatic amines is 1. The minimum absolute atomic E-state index is 0.0403. The molecule has 2 aromatic heterocycles. The van der Waals surface area contributed by atoms with Crippen LogP contribution in [0.4, 0.5) is 5.95 Å². The van der Waals surface area contributed by atoms with Crippen molar-refractivity contribution in [2.75, 3.05) is 18.0 Å². The maximum atomic E-state index is 13.1. The van der Waals surface area contributed by atoms with Crippen molar-refractivity contribution in [3.63, 3.8) is 0 Å². The van der Waals surface area contributed by atoms with Crippen molar-refractivity contribution >= 4 is 23.3 Å². The highest BCUT2D eigenvalue weighted by Crippen LogP contribution is 2.25. The monoisotopic (exact) mass is 426 g/mol. The van der Waals surface area contributed by atoms with Gasteiger partial charge in [0.2, 0.25) is 5.95 Å². The van der Waals surface area contributed by atoms with E-state index in [-0.39, 0.29) is 11.7 Å². The Morgan fingerprint density at radius 3 is 2.87 bits per heavy atom. The number of hydrogen-bond donors (Lipinski definition) is 1. The van der Waals surface area contributed by atoms with E-state index in [1.807, 2.05) is 35.9 Å². The van der Waals surface area contributed by atoms with Crippen LogP contribution in [0.1, 0.15) is 37.7 Å². The fraction of sp³-hybridized carbons (Fsp3) is 0.455. The highest BCUT2D eigenvalue weighted by molar-refractivity contribution is 6.30. The van der Waals surface area contributed by atoms with Crippen LogP contribution in [0.25, 0.3) is 11.3 Å². The third-order valence-electron chi connectivity index (χ3n) is 5.70. The number of hydrogen-bond acceptors (Lipinski definition) is 5. The summed E-state index contributed by atoms with van der Waals surface area (Å²) in [6.45, 7) is 5.97. The summed E-state index contributed by atoms with van der Waals surface area (Å²) in [6.07, 6.45) is 3.49. The Hall–Kier alpha value is -2.67. The first kappa shape index (κ1) is 20.6. The molecule has 1 fully saturated rings. The molecule has 3 heterocycles. The van der Waals surface area contributed by atoms with Crippen LogP contribution in [-0.2, 0) is 17.8 Å². The van der Waals surface area contributed by atoms with Crippen LogP contribution >= 0.6 is 11.6 Å². The molecule has 1 atom stereocenters. The molecule has 0 radical (unpaired) electrons. The average molecular weight is 427 g/mol. The summed E-state index contributed by atoms with van der Waals surface area (Å²) in [7, 11) is 0. The molecule has 1 aliphatic heterocycles. The Morgan fingerprint density at radius 2 is 2.13 bits per heavy atom. The summed E-state index contributed by atoms with van der Waals surface area (Å²) in [5.74, 6) is 1.83. The van der Waals surface area contributed by atoms with Crippen molar-refractivity contribution in [2.24, 2.45) is 5.92 Å². The van der Waals surface area contributed by atoms with Crippen LogP contribution in [0.3, 0.4) is 0 Å². The summed E-state index contributed by atoms with van der Waals surface area (Å²) < 4.78 is 1.86. The number of nitrogens with one attached hydrogen (secondary N) is 1. The van der Waals surface area contributed by atoms with E-state index in [4.69, 9.17) is 16.7 Å². The smallest absolute Gasteiger partial charge is 0.244 e. The van der Waals surface area contributed by atoms with E-state index in [9.17, 15) is 4.79 Å². The second-order valence-corrected chi connectivity index (χ2v) is 8.28. The minimum Gasteiger partial charge on any atom is -0.340 e. The SMILES string of the molecule is CCc1cc(-c2cccc(Cl)c2)nn1CC(=O)C1CCCN(c2n[nH]c(C)n2)CC1. The quantitative estimate of drug-likeness (QED) is 0.642. The maximum Gasteiger partial charge on any atom is 0.244 e. The van der Waals surface area contributed by atoms with Crippen LogP contribution in [0.2, 0.25) is 5.02 Å². The molecule has 30 heavy (non-hydrogen) atoms. The first-order valence-corrected chi connectivity index (χ1v) is 10.9. The summed E-state index contributed by atoms with van der Waals surface area (Å²) in [6, 6.07) is 9.71. The van der Waals surface area contributed by atoms with Crippen LogP contribution in [-0.4, -0.2) is 43.8 Å². The maximum absolute atomic E-state index is 13.1. The van der Waals surface area contributed by atoms with E-state index in [2.05, 4.69) is 33.1 Å². The van der Waals surface area contributed by atoms with Crippen LogP contribution in [0.15, 0.2) is 30.3 Å². The summed E-state index contributed by atoms with van der Waals surface area (Å²) in [5, 5.41) is 12.6. The van der Waals surface area contributed by atoms with Crippen molar-refractivity contribution in [1.29, 1.82) is 0 Å². The number of rotatable bonds is 6. The molecule has 0 saturated carbocycles. The zero-order valence-electron chi connectivity index (χ0n) is 17.4. The highest BCUT2D eigenvalue weighted by Gasteiger charge is 2.25. The van der Waals surface area contributed by atoms with Gasteiger partial charge in [-0.05, 0) is 50.8 Å². The van der Waals surface area contributed by atoms with Crippen molar-refractivity contribution < 1.29 is 4.79 Å². The third-order valence-corrected chi connectivity index (χ3v) is 5.94. The normalized spacial score (nSPS) is 17.2. The van der Waals surface area contributed by atoms with Gasteiger partial charge in [-0.1, -0.05) is 30.7 Å². The number of carbonyl (C=O) groups excluding carboxylic acids is 1. The Labute approximate surface area is 181 Å². The van der Waals surface area contributed by atoms with E-state index >= 15 is 0 Å². The predicted molar refractivity (Wildman–Crippen MR) is 118 cm³/mol. The topological polar surface area (TPSA) is 79.7 Å². The molecule has 1 aliphatic rings. The molecule has 0 amide bonds. The van der Waals surface area contributed by atoms with Crippen LogP contribution < -0.4 is 4.90 Å². The molecule has 0 aliphatic carbocycles.